The van der Waals surface area contributed by atoms with E-state index in [4.69, 9.17) is 9.47 Å². The van der Waals surface area contributed by atoms with Crippen LogP contribution in [0.2, 0.25) is 0 Å². The van der Waals surface area contributed by atoms with Crippen LogP contribution >= 0.6 is 0 Å². The summed E-state index contributed by atoms with van der Waals surface area (Å²) in [6, 6.07) is 13.3. The van der Waals surface area contributed by atoms with E-state index in [9.17, 15) is 4.79 Å². The minimum absolute atomic E-state index is 0.0152. The molecule has 0 spiro atoms. The van der Waals surface area contributed by atoms with Crippen molar-refractivity contribution < 1.29 is 14.3 Å². The van der Waals surface area contributed by atoms with Crippen molar-refractivity contribution in [1.82, 2.24) is 0 Å². The zero-order valence-electron chi connectivity index (χ0n) is 14.6. The fraction of sp³-hybridized carbons (Fsp3) is 0.350. The normalized spacial score (nSPS) is 10.3. The van der Waals surface area contributed by atoms with Crippen LogP contribution in [0.4, 0.5) is 5.69 Å². The molecule has 0 heterocycles. The number of nitrogens with one attached hydrogen (secondary N) is 1. The van der Waals surface area contributed by atoms with Gasteiger partial charge in [0.25, 0.3) is 5.91 Å². The van der Waals surface area contributed by atoms with E-state index in [1.165, 1.54) is 5.56 Å². The summed E-state index contributed by atoms with van der Waals surface area (Å²) in [6.07, 6.45) is 2.14. The second-order valence-corrected chi connectivity index (χ2v) is 5.83. The zero-order valence-corrected chi connectivity index (χ0v) is 14.6. The fourth-order valence-corrected chi connectivity index (χ4v) is 2.27. The molecule has 2 aromatic carbocycles. The van der Waals surface area contributed by atoms with Gasteiger partial charge in [0.15, 0.2) is 6.61 Å². The van der Waals surface area contributed by atoms with Crippen LogP contribution in [0, 0.1) is 13.8 Å². The van der Waals surface area contributed by atoms with Gasteiger partial charge in [0, 0.05) is 5.69 Å². The zero-order chi connectivity index (χ0) is 17.4. The molecule has 128 valence electrons. The van der Waals surface area contributed by atoms with Crippen molar-refractivity contribution in [2.24, 2.45) is 0 Å². The molecule has 0 unspecified atom stereocenters. The molecule has 4 heteroatoms. The Hall–Kier alpha value is -2.49. The Morgan fingerprint density at radius 2 is 1.79 bits per heavy atom. The highest BCUT2D eigenvalue weighted by Gasteiger charge is 2.06. The van der Waals surface area contributed by atoms with Crippen LogP contribution in [0.25, 0.3) is 0 Å². The van der Waals surface area contributed by atoms with Gasteiger partial charge in [-0.3, -0.25) is 4.79 Å². The molecule has 0 saturated heterocycles. The highest BCUT2D eigenvalue weighted by molar-refractivity contribution is 5.91. The van der Waals surface area contributed by atoms with Gasteiger partial charge in [-0.05, 0) is 56.2 Å². The van der Waals surface area contributed by atoms with Crippen LogP contribution in [0.1, 0.15) is 30.9 Å². The summed E-state index contributed by atoms with van der Waals surface area (Å²) in [4.78, 5) is 12.0. The van der Waals surface area contributed by atoms with E-state index in [1.54, 1.807) is 0 Å². The number of ether oxygens (including phenoxy) is 2. The molecule has 24 heavy (non-hydrogen) atoms. The van der Waals surface area contributed by atoms with Crippen LogP contribution in [-0.2, 0) is 4.79 Å². The van der Waals surface area contributed by atoms with Gasteiger partial charge < -0.3 is 14.8 Å². The lowest BCUT2D eigenvalue weighted by Crippen LogP contribution is -2.20. The largest absolute Gasteiger partial charge is 0.494 e. The summed E-state index contributed by atoms with van der Waals surface area (Å²) in [5.41, 5.74) is 2.92. The minimum Gasteiger partial charge on any atom is -0.494 e. The van der Waals surface area contributed by atoms with Crippen molar-refractivity contribution in [3.8, 4) is 11.5 Å². The van der Waals surface area contributed by atoms with Gasteiger partial charge in [0.2, 0.25) is 0 Å². The molecule has 0 saturated carbocycles. The van der Waals surface area contributed by atoms with E-state index in [0.717, 1.165) is 35.6 Å². The molecule has 0 atom stereocenters. The van der Waals surface area contributed by atoms with Gasteiger partial charge in [0.1, 0.15) is 11.5 Å². The van der Waals surface area contributed by atoms with Crippen LogP contribution in [0.3, 0.4) is 0 Å². The average molecular weight is 327 g/mol. The van der Waals surface area contributed by atoms with Crippen molar-refractivity contribution >= 4 is 11.6 Å². The number of benzene rings is 2. The number of hydrogen-bond donors (Lipinski definition) is 1. The second-order valence-electron chi connectivity index (χ2n) is 5.83. The monoisotopic (exact) mass is 327 g/mol. The number of anilines is 1. The van der Waals surface area contributed by atoms with Crippen molar-refractivity contribution in [2.45, 2.75) is 33.6 Å². The summed E-state index contributed by atoms with van der Waals surface area (Å²) >= 11 is 0. The summed E-state index contributed by atoms with van der Waals surface area (Å²) < 4.78 is 11.2. The number of carbonyl (C=O) groups excluding carboxylic acids is 1. The Labute approximate surface area is 143 Å². The molecular weight excluding hydrogens is 302 g/mol. The van der Waals surface area contributed by atoms with Gasteiger partial charge in [-0.25, -0.2) is 0 Å². The number of aryl methyl sites for hydroxylation is 2. The third kappa shape index (κ3) is 5.61. The van der Waals surface area contributed by atoms with E-state index in [2.05, 4.69) is 12.2 Å². The highest BCUT2D eigenvalue weighted by Crippen LogP contribution is 2.19. The first kappa shape index (κ1) is 17.9. The Bertz CT molecular complexity index is 665. The Kier molecular flexibility index (Phi) is 6.67. The molecule has 1 N–H and O–H groups in total. The quantitative estimate of drug-likeness (QED) is 0.726. The molecule has 0 aliphatic heterocycles. The predicted molar refractivity (Wildman–Crippen MR) is 96.9 cm³/mol. The molecule has 4 nitrogen and oxygen atoms in total. The van der Waals surface area contributed by atoms with Crippen LogP contribution in [-0.4, -0.2) is 19.1 Å². The lowest BCUT2D eigenvalue weighted by molar-refractivity contribution is -0.118. The maximum absolute atomic E-state index is 12.0. The molecule has 2 aromatic rings. The van der Waals surface area contributed by atoms with Crippen molar-refractivity contribution in [3.05, 3.63) is 53.6 Å². The lowest BCUT2D eigenvalue weighted by Gasteiger charge is -2.11. The summed E-state index contributed by atoms with van der Waals surface area (Å²) in [5.74, 6) is 1.36. The number of rotatable bonds is 8. The van der Waals surface area contributed by atoms with E-state index < -0.39 is 0 Å². The van der Waals surface area contributed by atoms with Crippen molar-refractivity contribution in [2.75, 3.05) is 18.5 Å². The molecule has 2 rings (SSSR count). The molecule has 0 fully saturated rings. The van der Waals surface area contributed by atoms with Gasteiger partial charge in [0.05, 0.1) is 6.61 Å². The standard InChI is InChI=1S/C20H25NO3/c1-4-5-12-23-18-9-7-17(8-10-18)21-20(22)14-24-19-11-6-15(2)13-16(19)3/h6-11,13H,4-5,12,14H2,1-3H3,(H,21,22). The maximum Gasteiger partial charge on any atom is 0.262 e. The Balaban J connectivity index is 1.81. The number of amides is 1. The average Bonchev–Trinajstić information content (AvgIpc) is 2.56. The second kappa shape index (κ2) is 8.96. The first-order chi connectivity index (χ1) is 11.6. The van der Waals surface area contributed by atoms with Crippen LogP contribution < -0.4 is 14.8 Å². The smallest absolute Gasteiger partial charge is 0.262 e. The first-order valence-corrected chi connectivity index (χ1v) is 8.31. The third-order valence-electron chi connectivity index (χ3n) is 3.59. The van der Waals surface area contributed by atoms with Gasteiger partial charge in [-0.2, -0.15) is 0 Å². The molecule has 0 bridgehead atoms. The summed E-state index contributed by atoms with van der Waals surface area (Å²) in [5, 5.41) is 2.82. The van der Waals surface area contributed by atoms with Gasteiger partial charge in [-0.1, -0.05) is 31.0 Å². The van der Waals surface area contributed by atoms with E-state index in [0.29, 0.717) is 6.61 Å². The SMILES string of the molecule is CCCCOc1ccc(NC(=O)COc2ccc(C)cc2C)cc1. The fourth-order valence-electron chi connectivity index (χ4n) is 2.27. The summed E-state index contributed by atoms with van der Waals surface area (Å²) in [7, 11) is 0. The number of hydrogen-bond acceptors (Lipinski definition) is 3. The molecule has 1 amide bonds. The molecule has 0 radical (unpaired) electrons. The van der Waals surface area contributed by atoms with E-state index in [1.807, 2.05) is 56.3 Å². The van der Waals surface area contributed by atoms with E-state index >= 15 is 0 Å². The van der Waals surface area contributed by atoms with Crippen molar-refractivity contribution in [1.29, 1.82) is 0 Å². The third-order valence-corrected chi connectivity index (χ3v) is 3.59. The Morgan fingerprint density at radius 1 is 1.04 bits per heavy atom. The minimum atomic E-state index is -0.186. The van der Waals surface area contributed by atoms with Gasteiger partial charge in [-0.15, -0.1) is 0 Å². The molecular formula is C20H25NO3. The summed E-state index contributed by atoms with van der Waals surface area (Å²) in [6.45, 7) is 6.82. The first-order valence-electron chi connectivity index (χ1n) is 8.31. The van der Waals surface area contributed by atoms with Crippen LogP contribution in [0.5, 0.6) is 11.5 Å². The van der Waals surface area contributed by atoms with E-state index in [-0.39, 0.29) is 12.5 Å². The van der Waals surface area contributed by atoms with Crippen molar-refractivity contribution in [3.63, 3.8) is 0 Å². The molecule has 0 aliphatic rings. The van der Waals surface area contributed by atoms with Crippen LogP contribution in [0.15, 0.2) is 42.5 Å². The molecule has 0 aromatic heterocycles. The molecule has 0 aliphatic carbocycles. The maximum atomic E-state index is 12.0. The number of carbonyl (C=O) groups is 1. The predicted octanol–water partition coefficient (Wildman–Crippen LogP) is 4.50. The number of unbranched alkanes of at least 4 members (excludes halogenated alkanes) is 1. The highest BCUT2D eigenvalue weighted by atomic mass is 16.5. The lowest BCUT2D eigenvalue weighted by atomic mass is 10.1. The van der Waals surface area contributed by atoms with Gasteiger partial charge >= 0.3 is 0 Å². The topological polar surface area (TPSA) is 47.6 Å². The Morgan fingerprint density at radius 3 is 2.46 bits per heavy atom.